The van der Waals surface area contributed by atoms with E-state index in [0.717, 1.165) is 0 Å². The molecule has 0 aliphatic heterocycles. The van der Waals surface area contributed by atoms with E-state index >= 15 is 0 Å². The second-order valence-electron chi connectivity index (χ2n) is 3.46. The van der Waals surface area contributed by atoms with Crippen molar-refractivity contribution in [1.82, 2.24) is 4.98 Å². The Balaban J connectivity index is 3.49. The van der Waals surface area contributed by atoms with Crippen molar-refractivity contribution in [3.8, 4) is 11.9 Å². The first-order valence-electron chi connectivity index (χ1n) is 4.86. The first-order chi connectivity index (χ1) is 9.10. The van der Waals surface area contributed by atoms with Gasteiger partial charge in [-0.15, -0.1) is 13.2 Å². The van der Waals surface area contributed by atoms with Gasteiger partial charge in [0.1, 0.15) is 0 Å². The van der Waals surface area contributed by atoms with Gasteiger partial charge in [-0.3, -0.25) is 0 Å². The van der Waals surface area contributed by atoms with Gasteiger partial charge in [-0.05, 0) is 5.56 Å². The number of rotatable bonds is 3. The molecule has 0 unspecified atom stereocenters. The first-order valence-corrected chi connectivity index (χ1v) is 5.99. The Kier molecular flexibility index (Phi) is 4.86. The number of alkyl halides is 7. The summed E-state index contributed by atoms with van der Waals surface area (Å²) in [5, 5.41) is 7.91. The summed E-state index contributed by atoms with van der Waals surface area (Å²) in [4.78, 5) is 3.20. The summed E-state index contributed by atoms with van der Waals surface area (Å²) >= 11 is 2.67. The molecule has 1 aromatic heterocycles. The van der Waals surface area contributed by atoms with Crippen molar-refractivity contribution in [3.63, 3.8) is 0 Å². The highest BCUT2D eigenvalue weighted by Gasteiger charge is 2.40. The standard InChI is InChI=1S/C10H5BrF6N2O/c11-3-6-7(9(12,13)14)5(1-2-18)4-19-8(6)20-10(15,16)17/h4H,1,3H2. The average Bonchev–Trinajstić information content (AvgIpc) is 2.27. The van der Waals surface area contributed by atoms with E-state index < -0.39 is 46.9 Å². The maximum absolute atomic E-state index is 12.9. The van der Waals surface area contributed by atoms with Crippen molar-refractivity contribution in [1.29, 1.82) is 5.26 Å². The summed E-state index contributed by atoms with van der Waals surface area (Å²) in [6.07, 6.45) is -10.2. The van der Waals surface area contributed by atoms with Gasteiger partial charge >= 0.3 is 12.5 Å². The summed E-state index contributed by atoms with van der Waals surface area (Å²) in [6, 6.07) is 1.50. The smallest absolute Gasteiger partial charge is 0.388 e. The van der Waals surface area contributed by atoms with Gasteiger partial charge in [0.05, 0.1) is 18.1 Å². The van der Waals surface area contributed by atoms with Crippen LogP contribution in [0.5, 0.6) is 5.88 Å². The summed E-state index contributed by atoms with van der Waals surface area (Å²) in [7, 11) is 0. The molecule has 0 fully saturated rings. The number of nitrogens with zero attached hydrogens (tertiary/aromatic N) is 2. The van der Waals surface area contributed by atoms with E-state index in [0.29, 0.717) is 6.20 Å². The number of hydrogen-bond acceptors (Lipinski definition) is 3. The second-order valence-corrected chi connectivity index (χ2v) is 4.02. The fourth-order valence-corrected chi connectivity index (χ4v) is 1.99. The van der Waals surface area contributed by atoms with Crippen molar-refractivity contribution in [2.24, 2.45) is 0 Å². The molecule has 1 heterocycles. The van der Waals surface area contributed by atoms with Crippen LogP contribution in [-0.4, -0.2) is 11.3 Å². The van der Waals surface area contributed by atoms with E-state index in [-0.39, 0.29) is 0 Å². The number of hydrogen-bond donors (Lipinski definition) is 0. The minimum absolute atomic E-state index is 0.510. The monoisotopic (exact) mass is 362 g/mol. The third-order valence-corrected chi connectivity index (χ3v) is 2.68. The van der Waals surface area contributed by atoms with Crippen LogP contribution in [0.2, 0.25) is 0 Å². The van der Waals surface area contributed by atoms with Gasteiger partial charge in [-0.25, -0.2) is 4.98 Å². The van der Waals surface area contributed by atoms with E-state index in [1.165, 1.54) is 6.07 Å². The lowest BCUT2D eigenvalue weighted by Gasteiger charge is -2.18. The molecule has 0 radical (unpaired) electrons. The zero-order valence-corrected chi connectivity index (χ0v) is 11.0. The first kappa shape index (κ1) is 16.6. The van der Waals surface area contributed by atoms with Crippen LogP contribution in [0.1, 0.15) is 16.7 Å². The zero-order valence-electron chi connectivity index (χ0n) is 9.44. The summed E-state index contributed by atoms with van der Waals surface area (Å²) in [5.74, 6) is -1.19. The van der Waals surface area contributed by atoms with Crippen molar-refractivity contribution in [2.75, 3.05) is 0 Å². The van der Waals surface area contributed by atoms with Gasteiger partial charge < -0.3 is 4.74 Å². The molecule has 0 N–H and O–H groups in total. The van der Waals surface area contributed by atoms with Crippen molar-refractivity contribution in [2.45, 2.75) is 24.3 Å². The van der Waals surface area contributed by atoms with Crippen LogP contribution < -0.4 is 4.74 Å². The zero-order chi connectivity index (χ0) is 15.6. The molecule has 0 aliphatic rings. The van der Waals surface area contributed by atoms with Crippen molar-refractivity contribution < 1.29 is 31.1 Å². The Hall–Kier alpha value is -1.50. The highest BCUT2D eigenvalue weighted by Crippen LogP contribution is 2.40. The van der Waals surface area contributed by atoms with Crippen LogP contribution in [0.4, 0.5) is 26.3 Å². The maximum atomic E-state index is 12.9. The normalized spacial score (nSPS) is 12.1. The van der Waals surface area contributed by atoms with Crippen LogP contribution in [0.15, 0.2) is 6.20 Å². The molecule has 0 saturated carbocycles. The maximum Gasteiger partial charge on any atom is 0.574 e. The lowest BCUT2D eigenvalue weighted by Crippen LogP contribution is -2.21. The third kappa shape index (κ3) is 4.00. The van der Waals surface area contributed by atoms with E-state index in [2.05, 4.69) is 25.7 Å². The molecular weight excluding hydrogens is 358 g/mol. The Morgan fingerprint density at radius 2 is 1.85 bits per heavy atom. The van der Waals surface area contributed by atoms with Gasteiger partial charge in [0.2, 0.25) is 5.88 Å². The number of ether oxygens (including phenoxy) is 1. The largest absolute Gasteiger partial charge is 0.574 e. The Morgan fingerprint density at radius 3 is 2.25 bits per heavy atom. The molecule has 10 heteroatoms. The van der Waals surface area contributed by atoms with E-state index in [4.69, 9.17) is 5.26 Å². The minimum atomic E-state index is -5.16. The van der Waals surface area contributed by atoms with E-state index in [9.17, 15) is 26.3 Å². The molecule has 0 bridgehead atoms. The lowest BCUT2D eigenvalue weighted by atomic mass is 10.0. The molecule has 0 aliphatic carbocycles. The summed E-state index contributed by atoms with van der Waals surface area (Å²) < 4.78 is 78.7. The van der Waals surface area contributed by atoms with Gasteiger partial charge in [0.15, 0.2) is 0 Å². The van der Waals surface area contributed by atoms with Crippen LogP contribution in [0.3, 0.4) is 0 Å². The second kappa shape index (κ2) is 5.87. The molecule has 0 aromatic carbocycles. The van der Waals surface area contributed by atoms with Crippen molar-refractivity contribution >= 4 is 15.9 Å². The number of nitriles is 1. The van der Waals surface area contributed by atoms with Crippen LogP contribution in [0.25, 0.3) is 0 Å². The third-order valence-electron chi connectivity index (χ3n) is 2.12. The number of pyridine rings is 1. The minimum Gasteiger partial charge on any atom is -0.388 e. The Bertz CT molecular complexity index is 534. The molecule has 20 heavy (non-hydrogen) atoms. The summed E-state index contributed by atoms with van der Waals surface area (Å²) in [5.41, 5.74) is -2.66. The quantitative estimate of drug-likeness (QED) is 0.603. The lowest BCUT2D eigenvalue weighted by molar-refractivity contribution is -0.276. The predicted molar refractivity (Wildman–Crippen MR) is 57.9 cm³/mol. The van der Waals surface area contributed by atoms with Crippen LogP contribution in [-0.2, 0) is 17.9 Å². The van der Waals surface area contributed by atoms with Gasteiger partial charge in [-0.1, -0.05) is 15.9 Å². The number of aromatic nitrogens is 1. The number of halogens is 7. The molecule has 1 rings (SSSR count). The molecule has 3 nitrogen and oxygen atoms in total. The molecule has 0 atom stereocenters. The van der Waals surface area contributed by atoms with E-state index in [1.54, 1.807) is 0 Å². The van der Waals surface area contributed by atoms with Gasteiger partial charge in [0.25, 0.3) is 0 Å². The highest BCUT2D eigenvalue weighted by atomic mass is 79.9. The van der Waals surface area contributed by atoms with E-state index in [1.807, 2.05) is 0 Å². The SMILES string of the molecule is N#CCc1cnc(OC(F)(F)F)c(CBr)c1C(F)(F)F. The van der Waals surface area contributed by atoms with Crippen LogP contribution in [0, 0.1) is 11.3 Å². The molecule has 110 valence electrons. The highest BCUT2D eigenvalue weighted by molar-refractivity contribution is 9.08. The molecule has 0 saturated heterocycles. The molecular formula is C10H5BrF6N2O. The Morgan fingerprint density at radius 1 is 1.25 bits per heavy atom. The summed E-state index contributed by atoms with van der Waals surface area (Å²) in [6.45, 7) is 0. The van der Waals surface area contributed by atoms with Crippen LogP contribution >= 0.6 is 15.9 Å². The fourth-order valence-electron chi connectivity index (χ4n) is 1.47. The molecule has 0 amide bonds. The fraction of sp³-hybridized carbons (Fsp3) is 0.400. The van der Waals surface area contributed by atoms with Gasteiger partial charge in [-0.2, -0.15) is 18.4 Å². The van der Waals surface area contributed by atoms with Gasteiger partial charge in [0, 0.05) is 17.1 Å². The van der Waals surface area contributed by atoms with Crippen molar-refractivity contribution in [3.05, 3.63) is 22.9 Å². The predicted octanol–water partition coefficient (Wildman–Crippen LogP) is 3.96. The molecule has 0 spiro atoms. The Labute approximate surface area is 117 Å². The molecule has 1 aromatic rings. The average molecular weight is 363 g/mol. The topological polar surface area (TPSA) is 45.9 Å².